The average molecular weight is 454 g/mol. The van der Waals surface area contributed by atoms with Crippen molar-refractivity contribution in [1.82, 2.24) is 4.90 Å². The number of carbonyl (C=O) groups excluding carboxylic acids is 2. The van der Waals surface area contributed by atoms with Gasteiger partial charge in [-0.15, -0.1) is 0 Å². The number of nitrogens with zero attached hydrogens (tertiary/aromatic N) is 1. The fraction of sp³-hybridized carbons (Fsp3) is 0.636. The highest BCUT2D eigenvalue weighted by molar-refractivity contribution is 9.10. The van der Waals surface area contributed by atoms with Crippen LogP contribution < -0.4 is 4.74 Å². The van der Waals surface area contributed by atoms with Crippen molar-refractivity contribution < 1.29 is 19.4 Å². The summed E-state index contributed by atoms with van der Waals surface area (Å²) in [4.78, 5) is 25.8. The smallest absolute Gasteiger partial charge is 0.209 e. The van der Waals surface area contributed by atoms with Crippen LogP contribution in [0.4, 0.5) is 0 Å². The molecule has 0 bridgehead atoms. The third kappa shape index (κ3) is 3.68. The standard InChI is InChI=1S/C20H26BrNO4.C2H6/c1-4-14-16(21)9-17(26-3)19(25)18(14)20-7-8-22(11-23)12(2)15(20)6-5-13(24)10-20;1-2/h9,11-12,15,25H,4-8,10H2,1-3H3;1-2H3. The van der Waals surface area contributed by atoms with Gasteiger partial charge in [-0.05, 0) is 43.7 Å². The Bertz CT molecular complexity index is 736. The number of rotatable bonds is 4. The Morgan fingerprint density at radius 2 is 2.11 bits per heavy atom. The number of halogens is 1. The van der Waals surface area contributed by atoms with Crippen molar-refractivity contribution in [2.75, 3.05) is 13.7 Å². The van der Waals surface area contributed by atoms with Gasteiger partial charge in [-0.2, -0.15) is 0 Å². The number of hydrogen-bond donors (Lipinski definition) is 1. The van der Waals surface area contributed by atoms with Gasteiger partial charge in [-0.1, -0.05) is 36.7 Å². The van der Waals surface area contributed by atoms with E-state index in [9.17, 15) is 14.7 Å². The largest absolute Gasteiger partial charge is 0.504 e. The molecule has 3 atom stereocenters. The van der Waals surface area contributed by atoms with Gasteiger partial charge in [0.1, 0.15) is 5.78 Å². The molecule has 6 heteroatoms. The van der Waals surface area contributed by atoms with Crippen molar-refractivity contribution in [2.24, 2.45) is 5.92 Å². The highest BCUT2D eigenvalue weighted by Gasteiger charge is 2.53. The number of hydrogen-bond acceptors (Lipinski definition) is 4. The molecule has 1 aliphatic heterocycles. The SMILES string of the molecule is CC.CCc1c(Br)cc(OC)c(O)c1C12CCN(C=O)C(C)C1CCC(=O)C2. The number of aromatic hydroxyl groups is 1. The molecule has 1 amide bonds. The first kappa shape index (κ1) is 22.7. The van der Waals surface area contributed by atoms with Gasteiger partial charge >= 0.3 is 0 Å². The Hall–Kier alpha value is -1.56. The first-order chi connectivity index (χ1) is 13.4. The van der Waals surface area contributed by atoms with E-state index in [1.807, 2.05) is 18.7 Å². The van der Waals surface area contributed by atoms with Crippen molar-refractivity contribution >= 4 is 28.1 Å². The van der Waals surface area contributed by atoms with Crippen molar-refractivity contribution in [3.05, 3.63) is 21.7 Å². The minimum atomic E-state index is -0.458. The lowest BCUT2D eigenvalue weighted by molar-refractivity contribution is -0.131. The molecular formula is C22H32BrNO4. The number of ketones is 1. The number of amides is 1. The maximum atomic E-state index is 12.5. The highest BCUT2D eigenvalue weighted by Crippen LogP contribution is 2.56. The summed E-state index contributed by atoms with van der Waals surface area (Å²) in [5.74, 6) is 0.919. The number of benzene rings is 1. The lowest BCUT2D eigenvalue weighted by Gasteiger charge is -2.54. The van der Waals surface area contributed by atoms with Crippen molar-refractivity contribution in [3.63, 3.8) is 0 Å². The molecule has 156 valence electrons. The molecule has 0 aromatic heterocycles. The lowest BCUT2D eigenvalue weighted by atomic mass is 9.55. The number of ether oxygens (including phenoxy) is 1. The first-order valence-corrected chi connectivity index (χ1v) is 11.0. The molecule has 1 aliphatic carbocycles. The van der Waals surface area contributed by atoms with Crippen molar-refractivity contribution in [3.8, 4) is 11.5 Å². The van der Waals surface area contributed by atoms with E-state index in [0.29, 0.717) is 31.6 Å². The normalized spacial score (nSPS) is 26.8. The molecule has 0 spiro atoms. The number of methoxy groups -OCH3 is 1. The summed E-state index contributed by atoms with van der Waals surface area (Å²) in [6, 6.07) is 1.82. The minimum absolute atomic E-state index is 0.0310. The predicted octanol–water partition coefficient (Wildman–Crippen LogP) is 4.61. The number of carbonyl (C=O) groups is 2. The Kier molecular flexibility index (Phi) is 7.54. The number of piperidine rings is 1. The fourth-order valence-corrected chi connectivity index (χ4v) is 5.83. The zero-order valence-corrected chi connectivity index (χ0v) is 19.1. The Labute approximate surface area is 176 Å². The third-order valence-electron chi connectivity index (χ3n) is 6.40. The number of phenols is 1. The van der Waals surface area contributed by atoms with Gasteiger partial charge in [0.05, 0.1) is 7.11 Å². The van der Waals surface area contributed by atoms with Crippen molar-refractivity contribution in [1.29, 1.82) is 0 Å². The number of phenolic OH excluding ortho intramolecular Hbond substituents is 1. The van der Waals surface area contributed by atoms with Gasteiger partial charge in [0.15, 0.2) is 11.5 Å². The van der Waals surface area contributed by atoms with Crippen LogP contribution in [0.1, 0.15) is 64.5 Å². The Morgan fingerprint density at radius 1 is 1.43 bits per heavy atom. The quantitative estimate of drug-likeness (QED) is 0.675. The first-order valence-electron chi connectivity index (χ1n) is 10.2. The highest BCUT2D eigenvalue weighted by atomic mass is 79.9. The Balaban J connectivity index is 0.00000136. The second-order valence-electron chi connectivity index (χ2n) is 7.47. The zero-order valence-electron chi connectivity index (χ0n) is 17.5. The number of Topliss-reactive ketones (excluding diaryl/α,β-unsaturated/α-hetero) is 1. The molecular weight excluding hydrogens is 422 g/mol. The van der Waals surface area contributed by atoms with Gasteiger partial charge in [0.2, 0.25) is 6.41 Å². The molecule has 2 aliphatic rings. The van der Waals surface area contributed by atoms with Gasteiger partial charge < -0.3 is 14.7 Å². The predicted molar refractivity (Wildman–Crippen MR) is 114 cm³/mol. The molecule has 1 N–H and O–H groups in total. The summed E-state index contributed by atoms with van der Waals surface area (Å²) in [6.07, 6.45) is 4.01. The van der Waals surface area contributed by atoms with Crippen LogP contribution >= 0.6 is 15.9 Å². The van der Waals surface area contributed by atoms with E-state index < -0.39 is 5.41 Å². The van der Waals surface area contributed by atoms with Crippen LogP contribution in [0.25, 0.3) is 0 Å². The molecule has 1 saturated carbocycles. The summed E-state index contributed by atoms with van der Waals surface area (Å²) in [5, 5.41) is 11.1. The van der Waals surface area contributed by atoms with E-state index in [1.165, 1.54) is 7.11 Å². The van der Waals surface area contributed by atoms with Crippen molar-refractivity contribution in [2.45, 2.75) is 71.3 Å². The molecule has 1 heterocycles. The molecule has 0 radical (unpaired) electrons. The van der Waals surface area contributed by atoms with E-state index in [2.05, 4.69) is 29.8 Å². The van der Waals surface area contributed by atoms with Gasteiger partial charge in [0.25, 0.3) is 0 Å². The van der Waals surface area contributed by atoms with Crippen LogP contribution in [0, 0.1) is 5.92 Å². The number of fused-ring (bicyclic) bond motifs is 1. The van der Waals surface area contributed by atoms with E-state index in [0.717, 1.165) is 34.9 Å². The van der Waals surface area contributed by atoms with E-state index in [1.54, 1.807) is 6.07 Å². The van der Waals surface area contributed by atoms with Crippen LogP contribution in [0.2, 0.25) is 0 Å². The van der Waals surface area contributed by atoms with Crippen LogP contribution in [0.5, 0.6) is 11.5 Å². The molecule has 1 saturated heterocycles. The van der Waals surface area contributed by atoms with Gasteiger partial charge in [-0.25, -0.2) is 0 Å². The molecule has 28 heavy (non-hydrogen) atoms. The van der Waals surface area contributed by atoms with Gasteiger partial charge in [0, 0.05) is 40.9 Å². The molecule has 1 aromatic carbocycles. The molecule has 1 aromatic rings. The summed E-state index contributed by atoms with van der Waals surface area (Å²) < 4.78 is 6.29. The zero-order chi connectivity index (χ0) is 21.1. The minimum Gasteiger partial charge on any atom is -0.504 e. The monoisotopic (exact) mass is 453 g/mol. The van der Waals surface area contributed by atoms with Crippen LogP contribution in [-0.2, 0) is 21.4 Å². The second kappa shape index (κ2) is 9.29. The van der Waals surface area contributed by atoms with Crippen LogP contribution in [0.15, 0.2) is 10.5 Å². The van der Waals surface area contributed by atoms with E-state index >= 15 is 0 Å². The van der Waals surface area contributed by atoms with Crippen LogP contribution in [0.3, 0.4) is 0 Å². The summed E-state index contributed by atoms with van der Waals surface area (Å²) >= 11 is 3.63. The summed E-state index contributed by atoms with van der Waals surface area (Å²) in [5.41, 5.74) is 1.40. The fourth-order valence-electron chi connectivity index (χ4n) is 5.15. The average Bonchev–Trinajstić information content (AvgIpc) is 2.70. The van der Waals surface area contributed by atoms with E-state index in [-0.39, 0.29) is 23.5 Å². The number of likely N-dealkylation sites (tertiary alicyclic amines) is 1. The molecule has 3 rings (SSSR count). The van der Waals surface area contributed by atoms with Crippen LogP contribution in [-0.4, -0.2) is 41.9 Å². The lowest BCUT2D eigenvalue weighted by Crippen LogP contribution is -2.57. The third-order valence-corrected chi connectivity index (χ3v) is 7.11. The maximum Gasteiger partial charge on any atom is 0.209 e. The van der Waals surface area contributed by atoms with E-state index in [4.69, 9.17) is 4.74 Å². The molecule has 2 fully saturated rings. The Morgan fingerprint density at radius 3 is 2.68 bits per heavy atom. The molecule has 5 nitrogen and oxygen atoms in total. The topological polar surface area (TPSA) is 66.8 Å². The maximum absolute atomic E-state index is 12.5. The second-order valence-corrected chi connectivity index (χ2v) is 8.32. The van der Waals surface area contributed by atoms with Gasteiger partial charge in [-0.3, -0.25) is 9.59 Å². The summed E-state index contributed by atoms with van der Waals surface area (Å²) in [7, 11) is 1.54. The molecule has 3 unspecified atom stereocenters. The summed E-state index contributed by atoms with van der Waals surface area (Å²) in [6.45, 7) is 8.70.